The van der Waals surface area contributed by atoms with Crippen molar-refractivity contribution < 1.29 is 4.57 Å². The lowest BCUT2D eigenvalue weighted by atomic mass is 10.2. The molecule has 5 nitrogen and oxygen atoms in total. The van der Waals surface area contributed by atoms with Crippen LogP contribution in [-0.2, 0) is 13.6 Å². The fraction of sp³-hybridized carbons (Fsp3) is 0.0952. The summed E-state index contributed by atoms with van der Waals surface area (Å²) in [6.45, 7) is 0.832. The fourth-order valence-electron chi connectivity index (χ4n) is 4.25. The third-order valence-corrected chi connectivity index (χ3v) is 5.29. The van der Waals surface area contributed by atoms with E-state index in [4.69, 9.17) is 4.98 Å². The van der Waals surface area contributed by atoms with Crippen LogP contribution in [0, 0.1) is 0 Å². The van der Waals surface area contributed by atoms with Crippen molar-refractivity contribution in [1.29, 1.82) is 0 Å². The highest BCUT2D eigenvalue weighted by Crippen LogP contribution is 2.35. The second-order valence-electron chi connectivity index (χ2n) is 6.70. The summed E-state index contributed by atoms with van der Waals surface area (Å²) in [4.78, 5) is 9.36. The Kier molecular flexibility index (Phi) is 2.54. The van der Waals surface area contributed by atoms with Crippen molar-refractivity contribution in [2.75, 3.05) is 0 Å². The average Bonchev–Trinajstić information content (AvgIpc) is 3.31. The zero-order valence-corrected chi connectivity index (χ0v) is 14.3. The van der Waals surface area contributed by atoms with Gasteiger partial charge in [-0.3, -0.25) is 4.57 Å². The molecule has 124 valence electrons. The molecule has 4 aromatic heterocycles. The number of hydrogen-bond acceptors (Lipinski definition) is 2. The third kappa shape index (κ3) is 1.57. The summed E-state index contributed by atoms with van der Waals surface area (Å²) in [6, 6.07) is 18.8. The summed E-state index contributed by atoms with van der Waals surface area (Å²) >= 11 is 0. The standard InChI is InChI=1S/C21H16N5/c1-24-18-16-10-6-12-23-19(16)26(15-8-3-2-4-9-15)21(18)25-13-14-7-5-11-22-17(14)20(24)25/h2-12H,13H2,1H3/q+1. The van der Waals surface area contributed by atoms with Crippen molar-refractivity contribution in [1.82, 2.24) is 19.1 Å². The maximum Gasteiger partial charge on any atom is 0.276 e. The topological polar surface area (TPSA) is 39.5 Å². The van der Waals surface area contributed by atoms with Crippen molar-refractivity contribution in [3.8, 4) is 17.2 Å². The van der Waals surface area contributed by atoms with Crippen molar-refractivity contribution in [2.24, 2.45) is 7.05 Å². The number of pyridine rings is 2. The van der Waals surface area contributed by atoms with Gasteiger partial charge >= 0.3 is 0 Å². The van der Waals surface area contributed by atoms with Crippen molar-refractivity contribution in [3.05, 3.63) is 72.6 Å². The first-order valence-corrected chi connectivity index (χ1v) is 8.72. The monoisotopic (exact) mass is 338 g/mol. The summed E-state index contributed by atoms with van der Waals surface area (Å²) in [5.41, 5.74) is 6.80. The third-order valence-electron chi connectivity index (χ3n) is 5.29. The van der Waals surface area contributed by atoms with Crippen LogP contribution in [0.3, 0.4) is 0 Å². The van der Waals surface area contributed by atoms with Crippen LogP contribution in [0.1, 0.15) is 5.56 Å². The number of benzene rings is 1. The molecule has 5 heterocycles. The predicted octanol–water partition coefficient (Wildman–Crippen LogP) is 3.23. The molecule has 6 rings (SSSR count). The van der Waals surface area contributed by atoms with Crippen molar-refractivity contribution >= 4 is 22.2 Å². The Bertz CT molecular complexity index is 1310. The number of aromatic nitrogens is 5. The summed E-state index contributed by atoms with van der Waals surface area (Å²) in [5, 5.41) is 1.16. The molecule has 1 aliphatic rings. The molecule has 0 aliphatic carbocycles. The van der Waals surface area contributed by atoms with Gasteiger partial charge in [-0.15, -0.1) is 0 Å². The second kappa shape index (κ2) is 4.79. The molecule has 0 fully saturated rings. The van der Waals surface area contributed by atoms with Crippen LogP contribution in [0.5, 0.6) is 0 Å². The predicted molar refractivity (Wildman–Crippen MR) is 100 cm³/mol. The lowest BCUT2D eigenvalue weighted by Crippen LogP contribution is -2.33. The van der Waals surface area contributed by atoms with E-state index < -0.39 is 0 Å². The summed E-state index contributed by atoms with van der Waals surface area (Å²) in [5.74, 6) is 1.15. The highest BCUT2D eigenvalue weighted by Gasteiger charge is 2.36. The Morgan fingerprint density at radius 2 is 1.73 bits per heavy atom. The van der Waals surface area contributed by atoms with Crippen LogP contribution >= 0.6 is 0 Å². The van der Waals surface area contributed by atoms with Crippen LogP contribution in [0.4, 0.5) is 0 Å². The van der Waals surface area contributed by atoms with Gasteiger partial charge in [0.2, 0.25) is 5.65 Å². The molecule has 0 bridgehead atoms. The normalized spacial score (nSPS) is 12.7. The molecule has 1 aromatic carbocycles. The van der Waals surface area contributed by atoms with Gasteiger partial charge < -0.3 is 0 Å². The molecule has 0 spiro atoms. The van der Waals surface area contributed by atoms with Gasteiger partial charge in [-0.1, -0.05) is 24.3 Å². The highest BCUT2D eigenvalue weighted by molar-refractivity contribution is 6.04. The van der Waals surface area contributed by atoms with Gasteiger partial charge in [-0.05, 0) is 30.3 Å². The minimum Gasteiger partial charge on any atom is -0.254 e. The molecule has 0 N–H and O–H groups in total. The molecule has 26 heavy (non-hydrogen) atoms. The van der Waals surface area contributed by atoms with Gasteiger partial charge in [0.15, 0.2) is 5.52 Å². The lowest BCUT2D eigenvalue weighted by Gasteiger charge is -2.02. The molecule has 0 saturated heterocycles. The van der Waals surface area contributed by atoms with E-state index in [0.717, 1.165) is 34.8 Å². The van der Waals surface area contributed by atoms with E-state index >= 15 is 0 Å². The largest absolute Gasteiger partial charge is 0.276 e. The number of hydrogen-bond donors (Lipinski definition) is 0. The Balaban J connectivity index is 1.83. The van der Waals surface area contributed by atoms with Crippen LogP contribution in [0.2, 0.25) is 0 Å². The Hall–Kier alpha value is -3.47. The van der Waals surface area contributed by atoms with Gasteiger partial charge in [0.1, 0.15) is 11.4 Å². The van der Waals surface area contributed by atoms with E-state index in [1.807, 2.05) is 30.6 Å². The van der Waals surface area contributed by atoms with Crippen LogP contribution in [0.25, 0.3) is 39.4 Å². The zero-order chi connectivity index (χ0) is 17.3. The summed E-state index contributed by atoms with van der Waals surface area (Å²) in [7, 11) is 2.12. The number of para-hydroxylation sites is 1. The number of rotatable bonds is 1. The molecule has 0 atom stereocenters. The first kappa shape index (κ1) is 13.8. The fourth-order valence-corrected chi connectivity index (χ4v) is 4.25. The zero-order valence-electron chi connectivity index (χ0n) is 14.3. The Morgan fingerprint density at radius 3 is 2.62 bits per heavy atom. The Labute approximate surface area is 149 Å². The molecule has 1 aliphatic heterocycles. The average molecular weight is 338 g/mol. The molecular weight excluding hydrogens is 322 g/mol. The minimum atomic E-state index is 0.832. The number of imidazole rings is 1. The maximum atomic E-state index is 4.70. The van der Waals surface area contributed by atoms with E-state index in [1.54, 1.807) is 0 Å². The first-order chi connectivity index (χ1) is 12.8. The quantitative estimate of drug-likeness (QED) is 0.432. The SMILES string of the molecule is Cn1c2[n+](c3c1c1cccnc1n3-c1ccccc1)Cc1cccnc1-2. The van der Waals surface area contributed by atoms with Crippen molar-refractivity contribution in [2.45, 2.75) is 6.54 Å². The van der Waals surface area contributed by atoms with E-state index in [2.05, 4.69) is 62.1 Å². The highest BCUT2D eigenvalue weighted by atomic mass is 15.3. The molecule has 5 aromatic rings. The summed E-state index contributed by atoms with van der Waals surface area (Å²) < 4.78 is 6.89. The number of nitrogens with zero attached hydrogens (tertiary/aromatic N) is 5. The van der Waals surface area contributed by atoms with Crippen LogP contribution in [0.15, 0.2) is 67.0 Å². The van der Waals surface area contributed by atoms with Crippen LogP contribution < -0.4 is 4.57 Å². The molecule has 5 heteroatoms. The molecule has 0 unspecified atom stereocenters. The van der Waals surface area contributed by atoms with E-state index in [0.29, 0.717) is 0 Å². The number of aryl methyl sites for hydroxylation is 1. The molecule has 0 amide bonds. The van der Waals surface area contributed by atoms with Gasteiger partial charge in [0.05, 0.1) is 19.0 Å². The van der Waals surface area contributed by atoms with E-state index in [9.17, 15) is 0 Å². The summed E-state index contributed by atoms with van der Waals surface area (Å²) in [6.07, 6.45) is 3.74. The number of fused-ring (bicyclic) bond motifs is 7. The van der Waals surface area contributed by atoms with E-state index in [-0.39, 0.29) is 0 Å². The minimum absolute atomic E-state index is 0.832. The van der Waals surface area contributed by atoms with E-state index in [1.165, 1.54) is 16.7 Å². The van der Waals surface area contributed by atoms with Gasteiger partial charge in [-0.25, -0.2) is 19.1 Å². The smallest absolute Gasteiger partial charge is 0.254 e. The van der Waals surface area contributed by atoms with Gasteiger partial charge in [-0.2, -0.15) is 0 Å². The second-order valence-corrected chi connectivity index (χ2v) is 6.70. The Morgan fingerprint density at radius 1 is 0.923 bits per heavy atom. The maximum absolute atomic E-state index is 4.70. The lowest BCUT2D eigenvalue weighted by molar-refractivity contribution is -0.648. The molecular formula is C21H16N5+. The van der Waals surface area contributed by atoms with Gasteiger partial charge in [0, 0.05) is 18.0 Å². The van der Waals surface area contributed by atoms with Crippen molar-refractivity contribution in [3.63, 3.8) is 0 Å². The first-order valence-electron chi connectivity index (χ1n) is 8.72. The van der Waals surface area contributed by atoms with Gasteiger partial charge in [0.25, 0.3) is 11.5 Å². The van der Waals surface area contributed by atoms with Crippen LogP contribution in [-0.4, -0.2) is 19.1 Å². The molecule has 0 saturated carbocycles. The molecule has 0 radical (unpaired) electrons.